The minimum absolute atomic E-state index is 0.132. The smallest absolute Gasteiger partial charge is 0.0959 e. The van der Waals surface area contributed by atoms with E-state index in [0.717, 1.165) is 15.5 Å². The minimum Gasteiger partial charge on any atom is -0.395 e. The summed E-state index contributed by atoms with van der Waals surface area (Å²) in [4.78, 5) is 4.22. The molecule has 1 aromatic heterocycles. The summed E-state index contributed by atoms with van der Waals surface area (Å²) in [6.07, 6.45) is 1.74. The van der Waals surface area contributed by atoms with Gasteiger partial charge in [0.2, 0.25) is 0 Å². The molecule has 0 spiro atoms. The van der Waals surface area contributed by atoms with Gasteiger partial charge in [-0.3, -0.25) is 0 Å². The zero-order chi connectivity index (χ0) is 9.26. The molecule has 0 saturated heterocycles. The Morgan fingerprint density at radius 1 is 1.46 bits per heavy atom. The molecule has 0 atom stereocenters. The van der Waals surface area contributed by atoms with Crippen LogP contribution < -0.4 is 0 Å². The van der Waals surface area contributed by atoms with E-state index >= 15 is 0 Å². The van der Waals surface area contributed by atoms with Gasteiger partial charge in [-0.25, -0.2) is 4.98 Å². The Morgan fingerprint density at radius 2 is 2.31 bits per heavy atom. The monoisotopic (exact) mass is 240 g/mol. The fourth-order valence-corrected chi connectivity index (χ4v) is 1.94. The molecule has 0 radical (unpaired) electrons. The van der Waals surface area contributed by atoms with Crippen LogP contribution in [0.2, 0.25) is 0 Å². The number of hydrogen-bond donors (Lipinski definition) is 1. The van der Waals surface area contributed by atoms with Crippen molar-refractivity contribution in [1.82, 2.24) is 9.55 Å². The maximum absolute atomic E-state index is 8.82. The van der Waals surface area contributed by atoms with Crippen LogP contribution in [-0.2, 0) is 6.54 Å². The fraction of sp³-hybridized carbons (Fsp3) is 0.222. The van der Waals surface area contributed by atoms with E-state index in [1.165, 1.54) is 0 Å². The highest BCUT2D eigenvalue weighted by Gasteiger charge is 2.04. The SMILES string of the molecule is OCCn1cnc2cccc(Br)c21. The van der Waals surface area contributed by atoms with Gasteiger partial charge in [0.05, 0.1) is 24.0 Å². The van der Waals surface area contributed by atoms with Crippen molar-refractivity contribution in [3.8, 4) is 0 Å². The highest BCUT2D eigenvalue weighted by molar-refractivity contribution is 9.10. The number of fused-ring (bicyclic) bond motifs is 1. The summed E-state index contributed by atoms with van der Waals surface area (Å²) in [6, 6.07) is 5.87. The van der Waals surface area contributed by atoms with Crippen LogP contribution in [0.15, 0.2) is 29.0 Å². The van der Waals surface area contributed by atoms with E-state index in [2.05, 4.69) is 20.9 Å². The first-order valence-electron chi connectivity index (χ1n) is 4.03. The summed E-state index contributed by atoms with van der Waals surface area (Å²) in [5.41, 5.74) is 1.99. The molecule has 1 heterocycles. The van der Waals surface area contributed by atoms with Gasteiger partial charge in [-0.1, -0.05) is 6.07 Å². The number of para-hydroxylation sites is 1. The maximum Gasteiger partial charge on any atom is 0.0959 e. The van der Waals surface area contributed by atoms with Gasteiger partial charge in [-0.15, -0.1) is 0 Å². The lowest BCUT2D eigenvalue weighted by molar-refractivity contribution is 0.278. The number of rotatable bonds is 2. The summed E-state index contributed by atoms with van der Waals surface area (Å²) >= 11 is 3.45. The topological polar surface area (TPSA) is 38.0 Å². The molecule has 13 heavy (non-hydrogen) atoms. The molecule has 4 heteroatoms. The second-order valence-corrected chi connectivity index (χ2v) is 3.62. The molecule has 2 rings (SSSR count). The number of halogens is 1. The van der Waals surface area contributed by atoms with Crippen LogP contribution in [0.1, 0.15) is 0 Å². The predicted molar refractivity (Wildman–Crippen MR) is 54.5 cm³/mol. The standard InChI is InChI=1S/C9H9BrN2O/c10-7-2-1-3-8-9(7)12(4-5-13)6-11-8/h1-3,6,13H,4-5H2. The zero-order valence-electron chi connectivity index (χ0n) is 6.94. The summed E-state index contributed by atoms with van der Waals surface area (Å²) in [5, 5.41) is 8.82. The van der Waals surface area contributed by atoms with E-state index in [1.54, 1.807) is 6.33 Å². The van der Waals surface area contributed by atoms with E-state index in [9.17, 15) is 0 Å². The van der Waals surface area contributed by atoms with Gasteiger partial charge < -0.3 is 9.67 Å². The highest BCUT2D eigenvalue weighted by Crippen LogP contribution is 2.22. The first kappa shape index (κ1) is 8.72. The molecule has 1 N–H and O–H groups in total. The molecule has 1 aromatic carbocycles. The largest absolute Gasteiger partial charge is 0.395 e. The van der Waals surface area contributed by atoms with Crippen molar-refractivity contribution >= 4 is 27.0 Å². The van der Waals surface area contributed by atoms with Crippen LogP contribution in [0.25, 0.3) is 11.0 Å². The molecule has 0 aliphatic rings. The number of aromatic nitrogens is 2. The van der Waals surface area contributed by atoms with Crippen molar-refractivity contribution < 1.29 is 5.11 Å². The second-order valence-electron chi connectivity index (χ2n) is 2.77. The van der Waals surface area contributed by atoms with E-state index in [0.29, 0.717) is 6.54 Å². The summed E-state index contributed by atoms with van der Waals surface area (Å²) < 4.78 is 2.94. The maximum atomic E-state index is 8.82. The van der Waals surface area contributed by atoms with Crippen molar-refractivity contribution in [3.63, 3.8) is 0 Å². The average Bonchev–Trinajstić information content (AvgIpc) is 2.51. The van der Waals surface area contributed by atoms with Crippen molar-refractivity contribution in [3.05, 3.63) is 29.0 Å². The number of nitrogens with zero attached hydrogens (tertiary/aromatic N) is 2. The van der Waals surface area contributed by atoms with Gasteiger partial charge in [-0.05, 0) is 28.1 Å². The molecule has 68 valence electrons. The summed E-state index contributed by atoms with van der Waals surface area (Å²) in [5.74, 6) is 0. The van der Waals surface area contributed by atoms with Crippen LogP contribution >= 0.6 is 15.9 Å². The Bertz CT molecular complexity index is 424. The number of aliphatic hydroxyl groups is 1. The van der Waals surface area contributed by atoms with Gasteiger partial charge in [0.25, 0.3) is 0 Å². The predicted octanol–water partition coefficient (Wildman–Crippen LogP) is 1.79. The summed E-state index contributed by atoms with van der Waals surface area (Å²) in [6.45, 7) is 0.714. The molecule has 0 unspecified atom stereocenters. The van der Waals surface area contributed by atoms with Crippen LogP contribution in [0.4, 0.5) is 0 Å². The third-order valence-electron chi connectivity index (χ3n) is 1.93. The van der Waals surface area contributed by atoms with Crippen molar-refractivity contribution in [2.75, 3.05) is 6.61 Å². The lowest BCUT2D eigenvalue weighted by atomic mass is 10.3. The summed E-state index contributed by atoms with van der Waals surface area (Å²) in [7, 11) is 0. The molecular weight excluding hydrogens is 232 g/mol. The first-order chi connectivity index (χ1) is 6.33. The lowest BCUT2D eigenvalue weighted by Crippen LogP contribution is -2.00. The van der Waals surface area contributed by atoms with E-state index < -0.39 is 0 Å². The minimum atomic E-state index is 0.132. The Labute approximate surface area is 84.1 Å². The Balaban J connectivity index is 2.64. The molecule has 0 aliphatic carbocycles. The third kappa shape index (κ3) is 1.47. The molecule has 2 aromatic rings. The van der Waals surface area contributed by atoms with Gasteiger partial charge in [0, 0.05) is 11.0 Å². The molecular formula is C9H9BrN2O. The van der Waals surface area contributed by atoms with Crippen LogP contribution in [-0.4, -0.2) is 21.3 Å². The number of hydrogen-bond acceptors (Lipinski definition) is 2. The van der Waals surface area contributed by atoms with Gasteiger partial charge in [0.1, 0.15) is 0 Å². The molecule has 0 bridgehead atoms. The number of benzene rings is 1. The van der Waals surface area contributed by atoms with Gasteiger partial charge >= 0.3 is 0 Å². The van der Waals surface area contributed by atoms with Crippen LogP contribution in [0.3, 0.4) is 0 Å². The Kier molecular flexibility index (Phi) is 2.33. The molecule has 0 amide bonds. The lowest BCUT2D eigenvalue weighted by Gasteiger charge is -2.01. The Morgan fingerprint density at radius 3 is 3.08 bits per heavy atom. The first-order valence-corrected chi connectivity index (χ1v) is 4.82. The normalized spacial score (nSPS) is 10.9. The van der Waals surface area contributed by atoms with Gasteiger partial charge in [-0.2, -0.15) is 0 Å². The van der Waals surface area contributed by atoms with Crippen LogP contribution in [0.5, 0.6) is 0 Å². The van der Waals surface area contributed by atoms with Crippen LogP contribution in [0, 0.1) is 0 Å². The molecule has 0 saturated carbocycles. The van der Waals surface area contributed by atoms with Gasteiger partial charge in [0.15, 0.2) is 0 Å². The average molecular weight is 241 g/mol. The fourth-order valence-electron chi connectivity index (χ4n) is 1.36. The third-order valence-corrected chi connectivity index (χ3v) is 2.57. The number of imidazole rings is 1. The highest BCUT2D eigenvalue weighted by atomic mass is 79.9. The zero-order valence-corrected chi connectivity index (χ0v) is 8.53. The quantitative estimate of drug-likeness (QED) is 0.870. The van der Waals surface area contributed by atoms with E-state index in [1.807, 2.05) is 22.8 Å². The Hall–Kier alpha value is -0.870. The molecule has 0 aliphatic heterocycles. The van der Waals surface area contributed by atoms with E-state index in [-0.39, 0.29) is 6.61 Å². The van der Waals surface area contributed by atoms with Crippen molar-refractivity contribution in [1.29, 1.82) is 0 Å². The van der Waals surface area contributed by atoms with E-state index in [4.69, 9.17) is 5.11 Å². The number of aliphatic hydroxyl groups excluding tert-OH is 1. The van der Waals surface area contributed by atoms with Crippen molar-refractivity contribution in [2.45, 2.75) is 6.54 Å². The molecule has 3 nitrogen and oxygen atoms in total. The van der Waals surface area contributed by atoms with Crippen molar-refractivity contribution in [2.24, 2.45) is 0 Å². The second kappa shape index (κ2) is 3.47. The molecule has 0 fully saturated rings.